The minimum atomic E-state index is -0.139. The molecule has 4 rings (SSSR count). The number of aromatic nitrogens is 1. The van der Waals surface area contributed by atoms with Crippen molar-refractivity contribution in [3.05, 3.63) is 52.4 Å². The fourth-order valence-corrected chi connectivity index (χ4v) is 3.87. The van der Waals surface area contributed by atoms with Crippen LogP contribution in [0.1, 0.15) is 52.2 Å². The average Bonchev–Trinajstić information content (AvgIpc) is 3.43. The van der Waals surface area contributed by atoms with Crippen LogP contribution in [-0.2, 0) is 27.5 Å². The third-order valence-electron chi connectivity index (χ3n) is 5.77. The Balaban J connectivity index is 1.31. The summed E-state index contributed by atoms with van der Waals surface area (Å²) in [5, 5.41) is 3.93. The lowest BCUT2D eigenvalue weighted by molar-refractivity contribution is -0.139. The van der Waals surface area contributed by atoms with Crippen LogP contribution in [0.3, 0.4) is 0 Å². The molecule has 30 heavy (non-hydrogen) atoms. The number of imide groups is 1. The molecule has 1 aromatic carbocycles. The Hall–Kier alpha value is -3.00. The predicted molar refractivity (Wildman–Crippen MR) is 106 cm³/mol. The molecule has 0 spiro atoms. The number of rotatable bonds is 6. The van der Waals surface area contributed by atoms with Gasteiger partial charge in [-0.15, -0.1) is 0 Å². The molecule has 0 saturated carbocycles. The van der Waals surface area contributed by atoms with E-state index in [-0.39, 0.29) is 43.2 Å². The zero-order valence-corrected chi connectivity index (χ0v) is 17.2. The molecule has 2 aromatic rings. The van der Waals surface area contributed by atoms with Gasteiger partial charge in [-0.25, -0.2) is 0 Å². The second-order valence-electron chi connectivity index (χ2n) is 7.85. The summed E-state index contributed by atoms with van der Waals surface area (Å²) in [5.74, 6) is 0.439. The van der Waals surface area contributed by atoms with E-state index in [9.17, 15) is 14.4 Å². The van der Waals surface area contributed by atoms with Crippen LogP contribution in [-0.4, -0.2) is 51.9 Å². The van der Waals surface area contributed by atoms with Crippen molar-refractivity contribution < 1.29 is 23.6 Å². The Morgan fingerprint density at radius 1 is 1.17 bits per heavy atom. The second-order valence-corrected chi connectivity index (χ2v) is 7.85. The van der Waals surface area contributed by atoms with Gasteiger partial charge in [0.2, 0.25) is 11.8 Å². The summed E-state index contributed by atoms with van der Waals surface area (Å²) < 4.78 is 11.1. The van der Waals surface area contributed by atoms with Gasteiger partial charge < -0.3 is 14.2 Å². The van der Waals surface area contributed by atoms with Crippen LogP contribution in [0.15, 0.2) is 28.8 Å². The number of carbonyl (C=O) groups is 3. The molecule has 8 heteroatoms. The summed E-state index contributed by atoms with van der Waals surface area (Å²) >= 11 is 0. The van der Waals surface area contributed by atoms with E-state index in [2.05, 4.69) is 5.16 Å². The number of hydrogen-bond acceptors (Lipinski definition) is 6. The summed E-state index contributed by atoms with van der Waals surface area (Å²) in [6.45, 7) is 5.62. The zero-order chi connectivity index (χ0) is 21.3. The first-order chi connectivity index (χ1) is 14.4. The van der Waals surface area contributed by atoms with Crippen molar-refractivity contribution >= 4 is 17.7 Å². The van der Waals surface area contributed by atoms with Gasteiger partial charge in [-0.2, -0.15) is 0 Å². The molecule has 2 aliphatic heterocycles. The Labute approximate surface area is 174 Å². The predicted octanol–water partition coefficient (Wildman–Crippen LogP) is 2.37. The van der Waals surface area contributed by atoms with Gasteiger partial charge in [0.15, 0.2) is 0 Å². The van der Waals surface area contributed by atoms with Crippen molar-refractivity contribution in [1.29, 1.82) is 0 Å². The van der Waals surface area contributed by atoms with Crippen LogP contribution in [0.2, 0.25) is 0 Å². The van der Waals surface area contributed by atoms with Crippen LogP contribution in [0.25, 0.3) is 0 Å². The molecule has 0 N–H and O–H groups in total. The van der Waals surface area contributed by atoms with Gasteiger partial charge in [0.1, 0.15) is 5.76 Å². The molecule has 158 valence electrons. The largest absolute Gasteiger partial charge is 0.371 e. The molecule has 1 atom stereocenters. The van der Waals surface area contributed by atoms with E-state index >= 15 is 0 Å². The van der Waals surface area contributed by atoms with Crippen molar-refractivity contribution in [3.8, 4) is 0 Å². The lowest BCUT2D eigenvalue weighted by atomic mass is 10.1. The van der Waals surface area contributed by atoms with Crippen LogP contribution in [0.4, 0.5) is 0 Å². The molecule has 3 amide bonds. The Morgan fingerprint density at radius 2 is 1.87 bits per heavy atom. The maximum absolute atomic E-state index is 12.8. The fraction of sp³-hybridized carbons (Fsp3) is 0.455. The number of ether oxygens (including phenoxy) is 1. The van der Waals surface area contributed by atoms with Gasteiger partial charge >= 0.3 is 0 Å². The molecule has 0 aliphatic carbocycles. The Bertz CT molecular complexity index is 930. The molecule has 0 radical (unpaired) electrons. The first-order valence-corrected chi connectivity index (χ1v) is 10.2. The Morgan fingerprint density at radius 3 is 2.50 bits per heavy atom. The average molecular weight is 411 g/mol. The third kappa shape index (κ3) is 4.14. The summed E-state index contributed by atoms with van der Waals surface area (Å²) in [4.78, 5) is 39.4. The third-order valence-corrected chi connectivity index (χ3v) is 5.77. The van der Waals surface area contributed by atoms with Gasteiger partial charge in [-0.1, -0.05) is 17.3 Å². The molecule has 2 saturated heterocycles. The van der Waals surface area contributed by atoms with E-state index in [0.29, 0.717) is 25.3 Å². The van der Waals surface area contributed by atoms with Crippen molar-refractivity contribution in [2.75, 3.05) is 13.1 Å². The van der Waals surface area contributed by atoms with Crippen molar-refractivity contribution in [1.82, 2.24) is 15.0 Å². The SMILES string of the molecule is Cc1noc(C)c1CO[C@H]1CCN(C(=O)c2ccc(CN3C(=O)CCC3=O)cc2)C1. The van der Waals surface area contributed by atoms with Gasteiger partial charge in [0, 0.05) is 37.1 Å². The number of benzene rings is 1. The number of aryl methyl sites for hydroxylation is 2. The number of hydrogen-bond donors (Lipinski definition) is 0. The summed E-state index contributed by atoms with van der Waals surface area (Å²) in [6.07, 6.45) is 1.33. The van der Waals surface area contributed by atoms with E-state index < -0.39 is 0 Å². The van der Waals surface area contributed by atoms with E-state index in [0.717, 1.165) is 29.0 Å². The number of likely N-dealkylation sites (tertiary alicyclic amines) is 2. The second kappa shape index (κ2) is 8.39. The van der Waals surface area contributed by atoms with E-state index in [4.69, 9.17) is 9.26 Å². The van der Waals surface area contributed by atoms with E-state index in [1.165, 1.54) is 4.90 Å². The van der Waals surface area contributed by atoms with E-state index in [1.54, 1.807) is 29.2 Å². The monoisotopic (exact) mass is 411 g/mol. The number of carbonyl (C=O) groups excluding carboxylic acids is 3. The van der Waals surface area contributed by atoms with Crippen LogP contribution in [0, 0.1) is 13.8 Å². The molecule has 0 unspecified atom stereocenters. The summed E-state index contributed by atoms with van der Waals surface area (Å²) in [6, 6.07) is 7.10. The highest BCUT2D eigenvalue weighted by Crippen LogP contribution is 2.21. The molecule has 0 bridgehead atoms. The van der Waals surface area contributed by atoms with Crippen LogP contribution in [0.5, 0.6) is 0 Å². The Kier molecular flexibility index (Phi) is 5.67. The van der Waals surface area contributed by atoms with Gasteiger partial charge in [-0.05, 0) is 38.0 Å². The summed E-state index contributed by atoms with van der Waals surface area (Å²) in [5.41, 5.74) is 3.21. The number of amides is 3. The quantitative estimate of drug-likeness (QED) is 0.678. The summed E-state index contributed by atoms with van der Waals surface area (Å²) in [7, 11) is 0. The highest BCUT2D eigenvalue weighted by molar-refractivity contribution is 6.01. The van der Waals surface area contributed by atoms with Crippen molar-refractivity contribution in [2.45, 2.75) is 52.4 Å². The molecule has 2 fully saturated rings. The molecule has 3 heterocycles. The highest BCUT2D eigenvalue weighted by atomic mass is 16.5. The fourth-order valence-electron chi connectivity index (χ4n) is 3.87. The normalized spacial score (nSPS) is 19.2. The van der Waals surface area contributed by atoms with Crippen LogP contribution < -0.4 is 0 Å². The van der Waals surface area contributed by atoms with Gasteiger partial charge in [-0.3, -0.25) is 19.3 Å². The smallest absolute Gasteiger partial charge is 0.253 e. The lowest BCUT2D eigenvalue weighted by Crippen LogP contribution is -2.30. The van der Waals surface area contributed by atoms with Crippen LogP contribution >= 0.6 is 0 Å². The molecular formula is C22H25N3O5. The van der Waals surface area contributed by atoms with Gasteiger partial charge in [0.05, 0.1) is 24.9 Å². The zero-order valence-electron chi connectivity index (χ0n) is 17.2. The van der Waals surface area contributed by atoms with Crippen molar-refractivity contribution in [2.24, 2.45) is 0 Å². The first kappa shape index (κ1) is 20.3. The minimum Gasteiger partial charge on any atom is -0.371 e. The van der Waals surface area contributed by atoms with Crippen molar-refractivity contribution in [3.63, 3.8) is 0 Å². The minimum absolute atomic E-state index is 0.0193. The topological polar surface area (TPSA) is 93.0 Å². The molecule has 2 aliphatic rings. The maximum atomic E-state index is 12.8. The number of nitrogens with zero attached hydrogens (tertiary/aromatic N) is 3. The standard InChI is InChI=1S/C22H25N3O5/c1-14-19(15(2)30-23-14)13-29-18-9-10-24(12-18)22(28)17-5-3-16(4-6-17)11-25-20(26)7-8-21(25)27/h3-6,18H,7-13H2,1-2H3/t18-/m0/s1. The lowest BCUT2D eigenvalue weighted by Gasteiger charge is -2.18. The van der Waals surface area contributed by atoms with Gasteiger partial charge in [0.25, 0.3) is 5.91 Å². The molecule has 8 nitrogen and oxygen atoms in total. The first-order valence-electron chi connectivity index (χ1n) is 10.2. The van der Waals surface area contributed by atoms with E-state index in [1.807, 2.05) is 13.8 Å². The molecule has 1 aromatic heterocycles. The maximum Gasteiger partial charge on any atom is 0.253 e. The molecular weight excluding hydrogens is 386 g/mol. The highest BCUT2D eigenvalue weighted by Gasteiger charge is 2.30.